The lowest BCUT2D eigenvalue weighted by Crippen LogP contribution is -2.28. The summed E-state index contributed by atoms with van der Waals surface area (Å²) in [5.74, 6) is 1.91. The Hall–Kier alpha value is -0.640. The third-order valence-corrected chi connectivity index (χ3v) is 3.86. The summed E-state index contributed by atoms with van der Waals surface area (Å²) >= 11 is 3.59. The maximum absolute atomic E-state index is 4.53. The fourth-order valence-electron chi connectivity index (χ4n) is 2.12. The summed E-state index contributed by atoms with van der Waals surface area (Å²) in [7, 11) is 0. The first kappa shape index (κ1) is 10.9. The summed E-state index contributed by atoms with van der Waals surface area (Å²) < 4.78 is 1.04. The number of rotatable bonds is 1. The summed E-state index contributed by atoms with van der Waals surface area (Å²) in [6.07, 6.45) is 2.52. The maximum Gasteiger partial charge on any atom is 0.147 e. The minimum atomic E-state index is 0.593. The molecule has 1 aliphatic rings. The van der Waals surface area contributed by atoms with E-state index in [1.807, 2.05) is 13.8 Å². The fourth-order valence-corrected chi connectivity index (χ4v) is 2.52. The Bertz CT molecular complexity index is 378. The molecule has 0 N–H and O–H groups in total. The molecule has 0 bridgehead atoms. The molecule has 2 heterocycles. The van der Waals surface area contributed by atoms with Crippen LogP contribution in [-0.2, 0) is 0 Å². The first-order valence-electron chi connectivity index (χ1n) is 5.37. The van der Waals surface area contributed by atoms with Crippen molar-refractivity contribution in [1.29, 1.82) is 0 Å². The van der Waals surface area contributed by atoms with Crippen molar-refractivity contribution in [2.75, 3.05) is 11.4 Å². The highest BCUT2D eigenvalue weighted by atomic mass is 79.9. The zero-order chi connectivity index (χ0) is 11.0. The molecule has 0 amide bonds. The van der Waals surface area contributed by atoms with Gasteiger partial charge in [0, 0.05) is 12.6 Å². The smallest absolute Gasteiger partial charge is 0.147 e. The normalized spacial score (nSPS) is 21.1. The molecule has 1 atom stereocenters. The van der Waals surface area contributed by atoms with Gasteiger partial charge in [-0.3, -0.25) is 0 Å². The van der Waals surface area contributed by atoms with E-state index in [4.69, 9.17) is 0 Å². The molecule has 82 valence electrons. The summed E-state index contributed by atoms with van der Waals surface area (Å²) in [5, 5.41) is 0. The predicted molar refractivity (Wildman–Crippen MR) is 65.2 cm³/mol. The number of anilines is 1. The molecule has 1 fully saturated rings. The van der Waals surface area contributed by atoms with Crippen LogP contribution in [0.4, 0.5) is 5.82 Å². The first-order valence-corrected chi connectivity index (χ1v) is 6.16. The van der Waals surface area contributed by atoms with Gasteiger partial charge in [-0.25, -0.2) is 9.97 Å². The molecule has 1 saturated heterocycles. The number of nitrogens with zero attached hydrogens (tertiary/aromatic N) is 3. The van der Waals surface area contributed by atoms with Crippen molar-refractivity contribution >= 4 is 21.7 Å². The van der Waals surface area contributed by atoms with Crippen LogP contribution in [0.3, 0.4) is 0 Å². The van der Waals surface area contributed by atoms with Crippen molar-refractivity contribution in [2.45, 2.75) is 39.7 Å². The van der Waals surface area contributed by atoms with Crippen LogP contribution < -0.4 is 4.90 Å². The Labute approximate surface area is 99.0 Å². The minimum Gasteiger partial charge on any atom is -0.353 e. The highest BCUT2D eigenvalue weighted by molar-refractivity contribution is 9.10. The van der Waals surface area contributed by atoms with E-state index >= 15 is 0 Å². The summed E-state index contributed by atoms with van der Waals surface area (Å²) in [5.41, 5.74) is 1.02. The third-order valence-electron chi connectivity index (χ3n) is 2.94. The number of halogens is 1. The number of aryl methyl sites for hydroxylation is 2. The predicted octanol–water partition coefficient (Wildman–Crippen LogP) is 2.84. The lowest BCUT2D eigenvalue weighted by molar-refractivity contribution is 0.721. The molecule has 4 heteroatoms. The quantitative estimate of drug-likeness (QED) is 0.785. The Morgan fingerprint density at radius 1 is 1.33 bits per heavy atom. The van der Waals surface area contributed by atoms with Crippen LogP contribution in [0.25, 0.3) is 0 Å². The molecular formula is C11H16BrN3. The monoisotopic (exact) mass is 269 g/mol. The molecule has 0 aromatic carbocycles. The zero-order valence-electron chi connectivity index (χ0n) is 9.42. The van der Waals surface area contributed by atoms with Gasteiger partial charge in [-0.1, -0.05) is 0 Å². The van der Waals surface area contributed by atoms with Gasteiger partial charge in [0.05, 0.1) is 10.2 Å². The molecule has 15 heavy (non-hydrogen) atoms. The molecule has 0 aliphatic carbocycles. The average Bonchev–Trinajstić information content (AvgIpc) is 2.58. The van der Waals surface area contributed by atoms with Crippen molar-refractivity contribution in [1.82, 2.24) is 9.97 Å². The lowest BCUT2D eigenvalue weighted by Gasteiger charge is -2.24. The highest BCUT2D eigenvalue weighted by Gasteiger charge is 2.24. The average molecular weight is 270 g/mol. The Balaban J connectivity index is 2.42. The van der Waals surface area contributed by atoms with Gasteiger partial charge in [0.2, 0.25) is 0 Å². The minimum absolute atomic E-state index is 0.593. The molecule has 0 radical (unpaired) electrons. The SMILES string of the molecule is Cc1nc(C)c(Br)c(N2CCCC2C)n1. The van der Waals surface area contributed by atoms with Crippen molar-refractivity contribution in [3.05, 3.63) is 16.0 Å². The summed E-state index contributed by atoms with van der Waals surface area (Å²) in [4.78, 5) is 11.2. The van der Waals surface area contributed by atoms with E-state index in [1.165, 1.54) is 12.8 Å². The largest absolute Gasteiger partial charge is 0.353 e. The highest BCUT2D eigenvalue weighted by Crippen LogP contribution is 2.31. The van der Waals surface area contributed by atoms with Gasteiger partial charge in [-0.15, -0.1) is 0 Å². The van der Waals surface area contributed by atoms with Gasteiger partial charge in [-0.2, -0.15) is 0 Å². The Morgan fingerprint density at radius 3 is 2.67 bits per heavy atom. The van der Waals surface area contributed by atoms with E-state index in [1.54, 1.807) is 0 Å². The molecule has 3 nitrogen and oxygen atoms in total. The standard InChI is InChI=1S/C11H16BrN3/c1-7-5-4-6-15(7)11-10(12)8(2)13-9(3)14-11/h7H,4-6H2,1-3H3. The summed E-state index contributed by atoms with van der Waals surface area (Å²) in [6, 6.07) is 0.593. The van der Waals surface area contributed by atoms with E-state index in [-0.39, 0.29) is 0 Å². The van der Waals surface area contributed by atoms with Crippen LogP contribution in [0.1, 0.15) is 31.3 Å². The molecule has 1 unspecified atom stereocenters. The van der Waals surface area contributed by atoms with E-state index in [0.29, 0.717) is 6.04 Å². The Kier molecular flexibility index (Phi) is 2.96. The number of aromatic nitrogens is 2. The van der Waals surface area contributed by atoms with Gasteiger partial charge in [0.25, 0.3) is 0 Å². The van der Waals surface area contributed by atoms with Gasteiger partial charge in [0.15, 0.2) is 0 Å². The molecule has 2 rings (SSSR count). The van der Waals surface area contributed by atoms with Crippen LogP contribution in [0.2, 0.25) is 0 Å². The fraction of sp³-hybridized carbons (Fsp3) is 0.636. The lowest BCUT2D eigenvalue weighted by atomic mass is 10.2. The van der Waals surface area contributed by atoms with Crippen molar-refractivity contribution in [3.63, 3.8) is 0 Å². The van der Waals surface area contributed by atoms with Crippen molar-refractivity contribution in [2.24, 2.45) is 0 Å². The molecule has 0 saturated carbocycles. The maximum atomic E-state index is 4.53. The van der Waals surface area contributed by atoms with Crippen LogP contribution in [0.5, 0.6) is 0 Å². The van der Waals surface area contributed by atoms with E-state index in [0.717, 1.165) is 28.4 Å². The van der Waals surface area contributed by atoms with Gasteiger partial charge >= 0.3 is 0 Å². The van der Waals surface area contributed by atoms with Crippen molar-refractivity contribution in [3.8, 4) is 0 Å². The second-order valence-electron chi connectivity index (χ2n) is 4.18. The third kappa shape index (κ3) is 2.00. The number of hydrogen-bond donors (Lipinski definition) is 0. The second-order valence-corrected chi connectivity index (χ2v) is 4.97. The topological polar surface area (TPSA) is 29.0 Å². The van der Waals surface area contributed by atoms with Crippen LogP contribution in [-0.4, -0.2) is 22.6 Å². The molecule has 1 aromatic heterocycles. The first-order chi connectivity index (χ1) is 7.09. The Morgan fingerprint density at radius 2 is 2.07 bits per heavy atom. The second kappa shape index (κ2) is 4.08. The van der Waals surface area contributed by atoms with Crippen molar-refractivity contribution < 1.29 is 0 Å². The van der Waals surface area contributed by atoms with E-state index in [9.17, 15) is 0 Å². The van der Waals surface area contributed by atoms with Crippen LogP contribution in [0.15, 0.2) is 4.47 Å². The van der Waals surface area contributed by atoms with E-state index < -0.39 is 0 Å². The van der Waals surface area contributed by atoms with Crippen LogP contribution in [0, 0.1) is 13.8 Å². The van der Waals surface area contributed by atoms with Gasteiger partial charge < -0.3 is 4.90 Å². The van der Waals surface area contributed by atoms with Crippen LogP contribution >= 0.6 is 15.9 Å². The molecule has 0 spiro atoms. The zero-order valence-corrected chi connectivity index (χ0v) is 11.0. The molecular weight excluding hydrogens is 254 g/mol. The van der Waals surface area contributed by atoms with Gasteiger partial charge in [-0.05, 0) is 49.5 Å². The number of hydrogen-bond acceptors (Lipinski definition) is 3. The summed E-state index contributed by atoms with van der Waals surface area (Å²) in [6.45, 7) is 7.33. The molecule has 1 aliphatic heterocycles. The van der Waals surface area contributed by atoms with E-state index in [2.05, 4.69) is 37.7 Å². The molecule has 1 aromatic rings. The van der Waals surface area contributed by atoms with Gasteiger partial charge in [0.1, 0.15) is 11.6 Å².